The summed E-state index contributed by atoms with van der Waals surface area (Å²) in [6.07, 6.45) is 6.61. The summed E-state index contributed by atoms with van der Waals surface area (Å²) in [5.74, 6) is 1.09. The Kier molecular flexibility index (Phi) is 12.6. The summed E-state index contributed by atoms with van der Waals surface area (Å²) in [6.45, 7) is 5.23. The van der Waals surface area contributed by atoms with Gasteiger partial charge in [-0.2, -0.15) is 0 Å². The molecule has 6 rings (SSSR count). The Balaban J connectivity index is 1.54. The highest BCUT2D eigenvalue weighted by Crippen LogP contribution is 2.59. The molecule has 0 aliphatic heterocycles. The van der Waals surface area contributed by atoms with Gasteiger partial charge in [0.1, 0.15) is 11.5 Å². The van der Waals surface area contributed by atoms with E-state index in [0.29, 0.717) is 80.0 Å². The Morgan fingerprint density at radius 2 is 1.63 bits per heavy atom. The van der Waals surface area contributed by atoms with E-state index in [1.165, 1.54) is 5.57 Å². The first-order valence-corrected chi connectivity index (χ1v) is 18.1. The smallest absolute Gasteiger partial charge is 0.321 e. The van der Waals surface area contributed by atoms with Crippen molar-refractivity contribution in [2.45, 2.75) is 82.8 Å². The molecule has 274 valence electrons. The number of ketones is 1. The van der Waals surface area contributed by atoms with Crippen molar-refractivity contribution in [2.75, 3.05) is 46.3 Å². The lowest BCUT2D eigenvalue weighted by molar-refractivity contribution is -0.0767. The molecular formula is C42H54N2O7. The van der Waals surface area contributed by atoms with Gasteiger partial charge in [0.25, 0.3) is 0 Å². The number of aliphatic hydroxyl groups excluding tert-OH is 1. The van der Waals surface area contributed by atoms with Crippen LogP contribution in [-0.2, 0) is 11.2 Å². The molecule has 3 aliphatic rings. The number of nitrogens with one attached hydrogen (secondary N) is 1. The van der Waals surface area contributed by atoms with Gasteiger partial charge in [0.2, 0.25) is 0 Å². The number of allylic oxidation sites excluding steroid dienone is 2. The van der Waals surface area contributed by atoms with Crippen LogP contribution in [0.5, 0.6) is 11.5 Å². The number of fused-ring (bicyclic) bond motifs is 8. The molecule has 4 unspecified atom stereocenters. The summed E-state index contributed by atoms with van der Waals surface area (Å²) in [4.78, 5) is 29.9. The third-order valence-electron chi connectivity index (χ3n) is 11.1. The lowest BCUT2D eigenvalue weighted by Crippen LogP contribution is -2.54. The van der Waals surface area contributed by atoms with E-state index < -0.39 is 17.1 Å². The summed E-state index contributed by atoms with van der Waals surface area (Å²) in [5.41, 5.74) is 2.81. The predicted octanol–water partition coefficient (Wildman–Crippen LogP) is 7.54. The van der Waals surface area contributed by atoms with Gasteiger partial charge in [0, 0.05) is 42.5 Å². The number of methoxy groups -OCH3 is 3. The van der Waals surface area contributed by atoms with E-state index in [2.05, 4.69) is 25.2 Å². The number of ether oxygens (including phenoxy) is 3. The standard InChI is InChI=1S/C42H54N2O7/c1-29-8-6-22-41(2)38(21-23-42(41,48)28-44(24-7-25-49-3)40(47)43-32-13-18-35(51-5)19-14-32)36-20-10-30(26-33(45)15-9-29)27-37(36)39(46)31-11-16-34(50-4)17-12-31/h8,10-14,16-20,27,33,38,45,48H,6-7,9,15,21-26,28H2,1-5H3,(H,43,47). The van der Waals surface area contributed by atoms with Gasteiger partial charge < -0.3 is 34.6 Å². The number of benzene rings is 3. The minimum atomic E-state index is -1.25. The van der Waals surface area contributed by atoms with E-state index in [1.54, 1.807) is 74.8 Å². The number of nitrogens with zero attached hydrogens (tertiary/aromatic N) is 1. The number of aliphatic hydroxyl groups is 2. The number of carbonyl (C=O) groups excluding carboxylic acids is 2. The van der Waals surface area contributed by atoms with Gasteiger partial charge in [-0.1, -0.05) is 30.7 Å². The highest BCUT2D eigenvalue weighted by atomic mass is 16.5. The third-order valence-corrected chi connectivity index (χ3v) is 11.1. The Morgan fingerprint density at radius 1 is 0.941 bits per heavy atom. The molecular weight excluding hydrogens is 644 g/mol. The largest absolute Gasteiger partial charge is 0.497 e. The van der Waals surface area contributed by atoms with Crippen LogP contribution in [0.4, 0.5) is 10.5 Å². The predicted molar refractivity (Wildman–Crippen MR) is 200 cm³/mol. The number of amides is 2. The van der Waals surface area contributed by atoms with E-state index >= 15 is 0 Å². The third kappa shape index (κ3) is 8.83. The van der Waals surface area contributed by atoms with Crippen LogP contribution >= 0.6 is 0 Å². The first kappa shape index (κ1) is 38.1. The average Bonchev–Trinajstić information content (AvgIpc) is 3.38. The molecule has 0 radical (unpaired) electrons. The minimum Gasteiger partial charge on any atom is -0.497 e. The first-order chi connectivity index (χ1) is 24.5. The molecule has 0 heterocycles. The number of hydrogen-bond donors (Lipinski definition) is 3. The fourth-order valence-corrected chi connectivity index (χ4v) is 7.94. The van der Waals surface area contributed by atoms with Crippen molar-refractivity contribution in [1.29, 1.82) is 0 Å². The summed E-state index contributed by atoms with van der Waals surface area (Å²) in [7, 11) is 4.83. The molecule has 9 nitrogen and oxygen atoms in total. The van der Waals surface area contributed by atoms with Gasteiger partial charge in [-0.25, -0.2) is 4.79 Å². The maximum absolute atomic E-state index is 14.3. The van der Waals surface area contributed by atoms with Crippen LogP contribution in [-0.4, -0.2) is 79.7 Å². The molecule has 2 bridgehead atoms. The van der Waals surface area contributed by atoms with Crippen molar-refractivity contribution in [2.24, 2.45) is 5.41 Å². The van der Waals surface area contributed by atoms with Crippen molar-refractivity contribution in [3.63, 3.8) is 0 Å². The lowest BCUT2D eigenvalue weighted by atomic mass is 9.64. The zero-order chi connectivity index (χ0) is 36.6. The molecule has 4 atom stereocenters. The maximum atomic E-state index is 14.3. The Hall–Kier alpha value is -4.18. The normalized spacial score (nSPS) is 23.5. The number of hydrogen-bond acceptors (Lipinski definition) is 7. The quantitative estimate of drug-likeness (QED) is 0.108. The number of urea groups is 1. The number of rotatable bonds is 11. The first-order valence-electron chi connectivity index (χ1n) is 18.1. The van der Waals surface area contributed by atoms with Gasteiger partial charge in [-0.15, -0.1) is 0 Å². The fraction of sp³-hybridized carbons (Fsp3) is 0.476. The summed E-state index contributed by atoms with van der Waals surface area (Å²) < 4.78 is 16.0. The second kappa shape index (κ2) is 16.9. The average molecular weight is 699 g/mol. The van der Waals surface area contributed by atoms with Crippen molar-refractivity contribution in [1.82, 2.24) is 4.90 Å². The number of anilines is 1. The fourth-order valence-electron chi connectivity index (χ4n) is 7.94. The molecule has 3 N–H and O–H groups in total. The lowest BCUT2D eigenvalue weighted by Gasteiger charge is -2.46. The molecule has 0 aromatic heterocycles. The van der Waals surface area contributed by atoms with E-state index in [0.717, 1.165) is 24.0 Å². The summed E-state index contributed by atoms with van der Waals surface area (Å²) in [5, 5.41) is 26.9. The van der Waals surface area contributed by atoms with Crippen molar-refractivity contribution < 1.29 is 34.0 Å². The highest BCUT2D eigenvalue weighted by molar-refractivity contribution is 6.10. The summed E-state index contributed by atoms with van der Waals surface area (Å²) >= 11 is 0. The molecule has 3 aromatic carbocycles. The zero-order valence-electron chi connectivity index (χ0n) is 30.7. The van der Waals surface area contributed by atoms with Gasteiger partial charge in [0.05, 0.1) is 32.5 Å². The van der Waals surface area contributed by atoms with Gasteiger partial charge in [0.15, 0.2) is 5.78 Å². The monoisotopic (exact) mass is 698 g/mol. The molecule has 51 heavy (non-hydrogen) atoms. The molecule has 3 aromatic rings. The van der Waals surface area contributed by atoms with Crippen molar-refractivity contribution in [3.8, 4) is 11.5 Å². The van der Waals surface area contributed by atoms with Crippen LogP contribution < -0.4 is 14.8 Å². The molecule has 3 aliphatic carbocycles. The van der Waals surface area contributed by atoms with Crippen LogP contribution in [0.3, 0.4) is 0 Å². The van der Waals surface area contributed by atoms with Gasteiger partial charge in [-0.3, -0.25) is 4.79 Å². The van der Waals surface area contributed by atoms with Crippen LogP contribution in [0.2, 0.25) is 0 Å². The number of carbonyl (C=O) groups is 2. The summed E-state index contributed by atoms with van der Waals surface area (Å²) in [6, 6.07) is 20.0. The van der Waals surface area contributed by atoms with Crippen molar-refractivity contribution >= 4 is 17.5 Å². The molecule has 2 amide bonds. The zero-order valence-corrected chi connectivity index (χ0v) is 30.7. The van der Waals surface area contributed by atoms with Gasteiger partial charge in [-0.05, 0) is 130 Å². The van der Waals surface area contributed by atoms with Crippen LogP contribution in [0, 0.1) is 5.41 Å². The second-order valence-corrected chi connectivity index (χ2v) is 14.4. The second-order valence-electron chi connectivity index (χ2n) is 14.4. The Morgan fingerprint density at radius 3 is 2.29 bits per heavy atom. The van der Waals surface area contributed by atoms with E-state index in [9.17, 15) is 19.8 Å². The minimum absolute atomic E-state index is 0.107. The Bertz CT molecular complexity index is 1670. The van der Waals surface area contributed by atoms with E-state index in [-0.39, 0.29) is 24.3 Å². The topological polar surface area (TPSA) is 118 Å². The Labute approximate surface area is 302 Å². The van der Waals surface area contributed by atoms with Crippen LogP contribution in [0.1, 0.15) is 91.8 Å². The van der Waals surface area contributed by atoms with E-state index in [4.69, 9.17) is 14.2 Å². The highest BCUT2D eigenvalue weighted by Gasteiger charge is 2.57. The molecule has 0 spiro atoms. The molecule has 1 saturated carbocycles. The molecule has 1 fully saturated rings. The van der Waals surface area contributed by atoms with Crippen LogP contribution in [0.25, 0.3) is 0 Å². The SMILES string of the molecule is COCCCN(CC1(O)CCC2c3ccc(cc3C(=O)c3ccc(OC)cc3)CC(O)CCC(C)=CCCC21C)C(=O)Nc1ccc(OC)cc1. The molecule has 0 saturated heterocycles. The van der Waals surface area contributed by atoms with Crippen LogP contribution in [0.15, 0.2) is 78.4 Å². The van der Waals surface area contributed by atoms with Gasteiger partial charge >= 0.3 is 6.03 Å². The molecule has 9 heteroatoms. The maximum Gasteiger partial charge on any atom is 0.321 e. The van der Waals surface area contributed by atoms with Crippen molar-refractivity contribution in [3.05, 3.63) is 101 Å². The van der Waals surface area contributed by atoms with E-state index in [1.807, 2.05) is 18.2 Å².